The molecule has 0 atom stereocenters. The summed E-state index contributed by atoms with van der Waals surface area (Å²) in [5.41, 5.74) is 10.2. The minimum atomic E-state index is 0.664. The van der Waals surface area contributed by atoms with Crippen LogP contribution in [0.5, 0.6) is 5.75 Å². The molecule has 3 rings (SSSR count). The second-order valence-corrected chi connectivity index (χ2v) is 4.79. The number of ether oxygens (including phenoxy) is 1. The largest absolute Gasteiger partial charge is 0.496 e. The summed E-state index contributed by atoms with van der Waals surface area (Å²) in [6, 6.07) is 13.9. The highest BCUT2D eigenvalue weighted by atomic mass is 16.5. The highest BCUT2D eigenvalue weighted by Crippen LogP contribution is 2.24. The molecule has 0 saturated carbocycles. The monoisotopic (exact) mass is 267 g/mol. The fraction of sp³-hybridized carbons (Fsp3) is 0.188. The predicted octanol–water partition coefficient (Wildman–Crippen LogP) is 2.82. The molecule has 0 fully saturated rings. The van der Waals surface area contributed by atoms with E-state index < -0.39 is 0 Å². The average Bonchev–Trinajstić information content (AvgIpc) is 2.77. The van der Waals surface area contributed by atoms with Crippen LogP contribution >= 0.6 is 0 Å². The normalized spacial score (nSPS) is 10.9. The number of fused-ring (bicyclic) bond motifs is 1. The quantitative estimate of drug-likeness (QED) is 0.794. The zero-order chi connectivity index (χ0) is 14.1. The lowest BCUT2D eigenvalue weighted by Crippen LogP contribution is -2.00. The first-order valence-corrected chi connectivity index (χ1v) is 6.55. The molecule has 0 amide bonds. The molecule has 0 bridgehead atoms. The van der Waals surface area contributed by atoms with Gasteiger partial charge in [0.2, 0.25) is 0 Å². The minimum absolute atomic E-state index is 0.664. The maximum Gasteiger partial charge on any atom is 0.138 e. The number of imidazole rings is 1. The predicted molar refractivity (Wildman–Crippen MR) is 80.1 cm³/mol. The SMILES string of the molecule is COc1ccccc1Cc1nc2cccc(C)n2c1N. The smallest absolute Gasteiger partial charge is 0.138 e. The van der Waals surface area contributed by atoms with Gasteiger partial charge in [-0.3, -0.25) is 4.40 Å². The molecule has 0 unspecified atom stereocenters. The lowest BCUT2D eigenvalue weighted by molar-refractivity contribution is 0.410. The van der Waals surface area contributed by atoms with Crippen molar-refractivity contribution in [3.63, 3.8) is 0 Å². The van der Waals surface area contributed by atoms with Crippen LogP contribution in [0.4, 0.5) is 5.82 Å². The summed E-state index contributed by atoms with van der Waals surface area (Å²) in [6.07, 6.45) is 0.664. The van der Waals surface area contributed by atoms with Crippen molar-refractivity contribution < 1.29 is 4.74 Å². The van der Waals surface area contributed by atoms with Crippen molar-refractivity contribution in [3.8, 4) is 5.75 Å². The summed E-state index contributed by atoms with van der Waals surface area (Å²) in [6.45, 7) is 2.03. The fourth-order valence-electron chi connectivity index (χ4n) is 2.49. The van der Waals surface area contributed by atoms with Crippen LogP contribution in [0.3, 0.4) is 0 Å². The van der Waals surface area contributed by atoms with Gasteiger partial charge < -0.3 is 10.5 Å². The van der Waals surface area contributed by atoms with Gasteiger partial charge in [0.15, 0.2) is 0 Å². The van der Waals surface area contributed by atoms with Crippen LogP contribution < -0.4 is 10.5 Å². The lowest BCUT2D eigenvalue weighted by Gasteiger charge is -2.07. The van der Waals surface area contributed by atoms with Gasteiger partial charge in [0.25, 0.3) is 0 Å². The molecular weight excluding hydrogens is 250 g/mol. The Labute approximate surface area is 117 Å². The van der Waals surface area contributed by atoms with Gasteiger partial charge in [-0.1, -0.05) is 24.3 Å². The number of para-hydroxylation sites is 1. The van der Waals surface area contributed by atoms with Crippen molar-refractivity contribution in [2.24, 2.45) is 0 Å². The van der Waals surface area contributed by atoms with Crippen LogP contribution in [0.1, 0.15) is 17.0 Å². The number of hydrogen-bond donors (Lipinski definition) is 1. The van der Waals surface area contributed by atoms with E-state index in [4.69, 9.17) is 10.5 Å². The number of rotatable bonds is 3. The van der Waals surface area contributed by atoms with E-state index in [1.165, 1.54) is 0 Å². The number of nitrogen functional groups attached to an aromatic ring is 1. The Kier molecular flexibility index (Phi) is 3.06. The highest BCUT2D eigenvalue weighted by molar-refractivity contribution is 5.55. The molecule has 0 radical (unpaired) electrons. The summed E-state index contributed by atoms with van der Waals surface area (Å²) in [7, 11) is 1.68. The van der Waals surface area contributed by atoms with Crippen molar-refractivity contribution in [2.45, 2.75) is 13.3 Å². The van der Waals surface area contributed by atoms with Crippen LogP contribution in [0.2, 0.25) is 0 Å². The Hall–Kier alpha value is -2.49. The Morgan fingerprint density at radius 2 is 1.95 bits per heavy atom. The second kappa shape index (κ2) is 4.89. The standard InChI is InChI=1S/C16H17N3O/c1-11-6-5-9-15-18-13(16(17)19(11)15)10-12-7-3-4-8-14(12)20-2/h3-9H,10,17H2,1-2H3. The lowest BCUT2D eigenvalue weighted by atomic mass is 10.1. The Balaban J connectivity index is 2.07. The van der Waals surface area contributed by atoms with Crippen LogP contribution in [0, 0.1) is 6.92 Å². The number of benzene rings is 1. The average molecular weight is 267 g/mol. The van der Waals surface area contributed by atoms with Gasteiger partial charge >= 0.3 is 0 Å². The van der Waals surface area contributed by atoms with E-state index in [-0.39, 0.29) is 0 Å². The van der Waals surface area contributed by atoms with E-state index in [0.717, 1.165) is 28.3 Å². The van der Waals surface area contributed by atoms with Gasteiger partial charge in [0, 0.05) is 17.7 Å². The maximum atomic E-state index is 6.24. The summed E-state index contributed by atoms with van der Waals surface area (Å²) in [5, 5.41) is 0. The topological polar surface area (TPSA) is 52.5 Å². The van der Waals surface area contributed by atoms with Gasteiger partial charge in [-0.2, -0.15) is 0 Å². The molecule has 0 aliphatic carbocycles. The van der Waals surface area contributed by atoms with Crippen LogP contribution in [-0.4, -0.2) is 16.5 Å². The number of aryl methyl sites for hydroxylation is 1. The number of hydrogen-bond acceptors (Lipinski definition) is 3. The molecule has 3 aromatic rings. The molecule has 2 N–H and O–H groups in total. The third kappa shape index (κ3) is 1.99. The third-order valence-corrected chi connectivity index (χ3v) is 3.50. The van der Waals surface area contributed by atoms with Crippen molar-refractivity contribution in [3.05, 3.63) is 59.4 Å². The summed E-state index contributed by atoms with van der Waals surface area (Å²) in [4.78, 5) is 4.63. The number of nitrogens with zero attached hydrogens (tertiary/aromatic N) is 2. The van der Waals surface area contributed by atoms with Gasteiger partial charge in [-0.25, -0.2) is 4.98 Å². The number of pyridine rings is 1. The van der Waals surface area contributed by atoms with E-state index in [2.05, 4.69) is 4.98 Å². The molecule has 102 valence electrons. The molecule has 0 aliphatic heterocycles. The Morgan fingerprint density at radius 1 is 1.15 bits per heavy atom. The van der Waals surface area contributed by atoms with Gasteiger partial charge in [-0.05, 0) is 25.1 Å². The first-order valence-electron chi connectivity index (χ1n) is 6.55. The van der Waals surface area contributed by atoms with E-state index >= 15 is 0 Å². The first kappa shape index (κ1) is 12.5. The molecule has 0 aliphatic rings. The van der Waals surface area contributed by atoms with E-state index in [0.29, 0.717) is 12.2 Å². The van der Waals surface area contributed by atoms with Gasteiger partial charge in [0.1, 0.15) is 17.2 Å². The number of methoxy groups -OCH3 is 1. The zero-order valence-corrected chi connectivity index (χ0v) is 11.6. The van der Waals surface area contributed by atoms with Crippen molar-refractivity contribution in [2.75, 3.05) is 12.8 Å². The minimum Gasteiger partial charge on any atom is -0.496 e. The molecule has 0 spiro atoms. The van der Waals surface area contributed by atoms with Gasteiger partial charge in [0.05, 0.1) is 12.8 Å². The van der Waals surface area contributed by atoms with E-state index in [1.54, 1.807) is 7.11 Å². The maximum absolute atomic E-state index is 6.24. The molecule has 1 aromatic carbocycles. The van der Waals surface area contributed by atoms with Crippen molar-refractivity contribution in [1.29, 1.82) is 0 Å². The highest BCUT2D eigenvalue weighted by Gasteiger charge is 2.12. The molecule has 4 heteroatoms. The van der Waals surface area contributed by atoms with E-state index in [1.807, 2.05) is 53.8 Å². The first-order chi connectivity index (χ1) is 9.70. The third-order valence-electron chi connectivity index (χ3n) is 3.50. The Morgan fingerprint density at radius 3 is 2.70 bits per heavy atom. The second-order valence-electron chi connectivity index (χ2n) is 4.79. The van der Waals surface area contributed by atoms with Gasteiger partial charge in [-0.15, -0.1) is 0 Å². The molecule has 2 heterocycles. The molecule has 4 nitrogen and oxygen atoms in total. The Bertz CT molecular complexity index is 762. The van der Waals surface area contributed by atoms with Crippen molar-refractivity contribution in [1.82, 2.24) is 9.38 Å². The zero-order valence-electron chi connectivity index (χ0n) is 11.6. The summed E-state index contributed by atoms with van der Waals surface area (Å²) >= 11 is 0. The molecular formula is C16H17N3O. The fourth-order valence-corrected chi connectivity index (χ4v) is 2.49. The molecule has 2 aromatic heterocycles. The molecule has 20 heavy (non-hydrogen) atoms. The van der Waals surface area contributed by atoms with E-state index in [9.17, 15) is 0 Å². The summed E-state index contributed by atoms with van der Waals surface area (Å²) in [5.74, 6) is 1.56. The van der Waals surface area contributed by atoms with Crippen LogP contribution in [0.25, 0.3) is 5.65 Å². The van der Waals surface area contributed by atoms with Crippen molar-refractivity contribution >= 4 is 11.5 Å². The summed E-state index contributed by atoms with van der Waals surface area (Å²) < 4.78 is 7.36. The van der Waals surface area contributed by atoms with Crippen LogP contribution in [-0.2, 0) is 6.42 Å². The number of aromatic nitrogens is 2. The number of anilines is 1. The number of nitrogens with two attached hydrogens (primary N) is 1. The van der Waals surface area contributed by atoms with Crippen LogP contribution in [0.15, 0.2) is 42.5 Å². The molecule has 0 saturated heterocycles.